The van der Waals surface area contributed by atoms with Crippen LogP contribution in [0.4, 0.5) is 4.39 Å². The molecule has 0 spiro atoms. The van der Waals surface area contributed by atoms with Crippen molar-refractivity contribution in [1.29, 1.82) is 0 Å². The van der Waals surface area contributed by atoms with Crippen molar-refractivity contribution in [2.75, 3.05) is 18.8 Å². The zero-order chi connectivity index (χ0) is 21.9. The van der Waals surface area contributed by atoms with Gasteiger partial charge in [-0.1, -0.05) is 6.92 Å². The lowest BCUT2D eigenvalue weighted by molar-refractivity contribution is -0.121. The Hall–Kier alpha value is -2.26. The number of hydrogen-bond acceptors (Lipinski definition) is 4. The van der Waals surface area contributed by atoms with E-state index < -0.39 is 10.0 Å². The normalized spacial score (nSPS) is 16.0. The Bertz CT molecular complexity index is 994. The van der Waals surface area contributed by atoms with Crippen molar-refractivity contribution >= 4 is 15.9 Å². The summed E-state index contributed by atoms with van der Waals surface area (Å²) < 4.78 is 40.8. The lowest BCUT2D eigenvalue weighted by Gasteiger charge is -2.31. The fourth-order valence-electron chi connectivity index (χ4n) is 3.87. The summed E-state index contributed by atoms with van der Waals surface area (Å²) in [6.45, 7) is 6.48. The van der Waals surface area contributed by atoms with Crippen molar-refractivity contribution in [2.45, 2.75) is 52.5 Å². The molecule has 9 heteroatoms. The molecule has 0 unspecified atom stereocenters. The number of nitrogens with one attached hydrogen (secondary N) is 1. The Kier molecular flexibility index (Phi) is 6.92. The summed E-state index contributed by atoms with van der Waals surface area (Å²) in [7, 11) is -3.19. The van der Waals surface area contributed by atoms with Crippen LogP contribution < -0.4 is 5.32 Å². The van der Waals surface area contributed by atoms with E-state index in [9.17, 15) is 17.6 Å². The maximum absolute atomic E-state index is 13.2. The molecule has 0 bridgehead atoms. The minimum Gasteiger partial charge on any atom is -0.353 e. The fourth-order valence-corrected chi connectivity index (χ4v) is 5.41. The molecule has 1 N–H and O–H groups in total. The first kappa shape index (κ1) is 22.4. The number of benzene rings is 1. The lowest BCUT2D eigenvalue weighted by atomic mass is 10.1. The number of amides is 1. The van der Waals surface area contributed by atoms with Crippen LogP contribution in [0.2, 0.25) is 0 Å². The molecule has 1 amide bonds. The number of hydrogen-bond donors (Lipinski definition) is 1. The highest BCUT2D eigenvalue weighted by Crippen LogP contribution is 2.20. The maximum Gasteiger partial charge on any atom is 0.224 e. The Balaban J connectivity index is 1.60. The molecule has 30 heavy (non-hydrogen) atoms. The smallest absolute Gasteiger partial charge is 0.224 e. The fraction of sp³-hybridized carbons (Fsp3) is 0.524. The average Bonchev–Trinajstić information content (AvgIpc) is 2.97. The topological polar surface area (TPSA) is 84.3 Å². The van der Waals surface area contributed by atoms with E-state index in [2.05, 4.69) is 10.4 Å². The minimum absolute atomic E-state index is 0.0293. The van der Waals surface area contributed by atoms with Gasteiger partial charge in [0.05, 0.1) is 23.6 Å². The predicted molar refractivity (Wildman–Crippen MR) is 114 cm³/mol. The van der Waals surface area contributed by atoms with Crippen LogP contribution in [0.3, 0.4) is 0 Å². The first-order valence-corrected chi connectivity index (χ1v) is 11.9. The van der Waals surface area contributed by atoms with Crippen LogP contribution in [0, 0.1) is 19.7 Å². The number of rotatable bonds is 7. The van der Waals surface area contributed by atoms with Gasteiger partial charge in [-0.05, 0) is 57.4 Å². The summed E-state index contributed by atoms with van der Waals surface area (Å²) in [4.78, 5) is 12.6. The monoisotopic (exact) mass is 436 g/mol. The molecule has 1 aromatic carbocycles. The number of nitrogens with zero attached hydrogens (tertiary/aromatic N) is 3. The quantitative estimate of drug-likeness (QED) is 0.723. The van der Waals surface area contributed by atoms with Gasteiger partial charge in [0.1, 0.15) is 5.82 Å². The standard InChI is InChI=1S/C21H29FN4O3S/c1-4-13-30(28,29)25-11-9-18(10-12-25)23-21(27)14-20-15(2)24-26(16(20)3)19-7-5-17(22)6-8-19/h5-8,18H,4,9-14H2,1-3H3,(H,23,27). The van der Waals surface area contributed by atoms with Crippen LogP contribution >= 0.6 is 0 Å². The Morgan fingerprint density at radius 1 is 1.20 bits per heavy atom. The van der Waals surface area contributed by atoms with Gasteiger partial charge in [0, 0.05) is 30.4 Å². The van der Waals surface area contributed by atoms with Crippen LogP contribution in [0.25, 0.3) is 5.69 Å². The summed E-state index contributed by atoms with van der Waals surface area (Å²) in [5.74, 6) is -0.246. The molecule has 0 saturated carbocycles. The molecule has 1 fully saturated rings. The van der Waals surface area contributed by atoms with E-state index in [1.54, 1.807) is 16.8 Å². The van der Waals surface area contributed by atoms with Crippen molar-refractivity contribution in [3.63, 3.8) is 0 Å². The molecule has 1 aromatic heterocycles. The Morgan fingerprint density at radius 3 is 2.43 bits per heavy atom. The van der Waals surface area contributed by atoms with Crippen LogP contribution in [0.15, 0.2) is 24.3 Å². The summed E-state index contributed by atoms with van der Waals surface area (Å²) in [5.41, 5.74) is 3.19. The number of carbonyl (C=O) groups excluding carboxylic acids is 1. The van der Waals surface area contributed by atoms with E-state index in [1.807, 2.05) is 20.8 Å². The van der Waals surface area contributed by atoms with Gasteiger partial charge in [-0.2, -0.15) is 5.10 Å². The highest BCUT2D eigenvalue weighted by atomic mass is 32.2. The first-order valence-electron chi connectivity index (χ1n) is 10.3. The van der Waals surface area contributed by atoms with E-state index in [4.69, 9.17) is 0 Å². The van der Waals surface area contributed by atoms with E-state index in [0.717, 1.165) is 22.6 Å². The first-order chi connectivity index (χ1) is 14.2. The second kappa shape index (κ2) is 9.26. The molecular weight excluding hydrogens is 407 g/mol. The van der Waals surface area contributed by atoms with Crippen LogP contribution in [-0.4, -0.2) is 53.3 Å². The van der Waals surface area contributed by atoms with Crippen molar-refractivity contribution in [2.24, 2.45) is 0 Å². The third-order valence-electron chi connectivity index (χ3n) is 5.52. The molecule has 1 aliphatic rings. The number of sulfonamides is 1. The van der Waals surface area contributed by atoms with Gasteiger partial charge < -0.3 is 5.32 Å². The highest BCUT2D eigenvalue weighted by Gasteiger charge is 2.28. The van der Waals surface area contributed by atoms with Gasteiger partial charge in [0.2, 0.25) is 15.9 Å². The van der Waals surface area contributed by atoms with Gasteiger partial charge in [0.25, 0.3) is 0 Å². The molecule has 1 saturated heterocycles. The zero-order valence-electron chi connectivity index (χ0n) is 17.7. The van der Waals surface area contributed by atoms with Crippen LogP contribution in [0.5, 0.6) is 0 Å². The second-order valence-electron chi connectivity index (χ2n) is 7.77. The van der Waals surface area contributed by atoms with Crippen molar-refractivity contribution in [1.82, 2.24) is 19.4 Å². The van der Waals surface area contributed by atoms with Crippen molar-refractivity contribution in [3.05, 3.63) is 47.0 Å². The lowest BCUT2D eigenvalue weighted by Crippen LogP contribution is -2.47. The van der Waals surface area contributed by atoms with Gasteiger partial charge in [-0.15, -0.1) is 0 Å². The van der Waals surface area contributed by atoms with Crippen LogP contribution in [-0.2, 0) is 21.2 Å². The number of halogens is 1. The predicted octanol–water partition coefficient (Wildman–Crippen LogP) is 2.49. The number of aromatic nitrogens is 2. The Labute approximate surface area is 177 Å². The molecular formula is C21H29FN4O3S. The summed E-state index contributed by atoms with van der Waals surface area (Å²) in [5, 5.41) is 7.54. The number of carbonyl (C=O) groups is 1. The summed E-state index contributed by atoms with van der Waals surface area (Å²) in [6.07, 6.45) is 2.03. The third kappa shape index (κ3) is 5.07. The van der Waals surface area contributed by atoms with E-state index in [1.165, 1.54) is 16.4 Å². The maximum atomic E-state index is 13.2. The van der Waals surface area contributed by atoms with Crippen LogP contribution in [0.1, 0.15) is 43.1 Å². The molecule has 0 atom stereocenters. The number of piperidine rings is 1. The van der Waals surface area contributed by atoms with Gasteiger partial charge in [-0.25, -0.2) is 21.8 Å². The van der Waals surface area contributed by atoms with Gasteiger partial charge in [0.15, 0.2) is 0 Å². The highest BCUT2D eigenvalue weighted by molar-refractivity contribution is 7.89. The van der Waals surface area contributed by atoms with Crippen molar-refractivity contribution in [3.8, 4) is 5.69 Å². The SMILES string of the molecule is CCCS(=O)(=O)N1CCC(NC(=O)Cc2c(C)nn(-c3ccc(F)cc3)c2C)CC1. The second-order valence-corrected chi connectivity index (χ2v) is 9.86. The summed E-state index contributed by atoms with van der Waals surface area (Å²) in [6, 6.07) is 6.03. The molecule has 164 valence electrons. The number of aryl methyl sites for hydroxylation is 1. The molecule has 3 rings (SSSR count). The molecule has 0 aliphatic carbocycles. The average molecular weight is 437 g/mol. The zero-order valence-corrected chi connectivity index (χ0v) is 18.5. The van der Waals surface area contributed by atoms with Gasteiger partial charge in [-0.3, -0.25) is 4.79 Å². The minimum atomic E-state index is -3.19. The van der Waals surface area contributed by atoms with E-state index in [-0.39, 0.29) is 29.9 Å². The molecule has 0 radical (unpaired) electrons. The summed E-state index contributed by atoms with van der Waals surface area (Å²) >= 11 is 0. The van der Waals surface area contributed by atoms with E-state index in [0.29, 0.717) is 32.4 Å². The molecule has 7 nitrogen and oxygen atoms in total. The molecule has 2 aromatic rings. The largest absolute Gasteiger partial charge is 0.353 e. The van der Waals surface area contributed by atoms with E-state index >= 15 is 0 Å². The van der Waals surface area contributed by atoms with Crippen molar-refractivity contribution < 1.29 is 17.6 Å². The van der Waals surface area contributed by atoms with Gasteiger partial charge >= 0.3 is 0 Å². The molecule has 2 heterocycles. The third-order valence-corrected chi connectivity index (χ3v) is 7.60. The molecule has 1 aliphatic heterocycles. The Morgan fingerprint density at radius 2 is 1.83 bits per heavy atom.